The fourth-order valence-corrected chi connectivity index (χ4v) is 3.84. The number of amides is 2. The van der Waals surface area contributed by atoms with Crippen LogP contribution < -0.4 is 5.32 Å². The summed E-state index contributed by atoms with van der Waals surface area (Å²) in [6.07, 6.45) is 5.40. The van der Waals surface area contributed by atoms with Gasteiger partial charge in [-0.15, -0.1) is 13.2 Å². The molecule has 3 unspecified atom stereocenters. The quantitative estimate of drug-likeness (QED) is 0.362. The molecule has 1 aliphatic heterocycles. The average Bonchev–Trinajstić information content (AvgIpc) is 3.29. The summed E-state index contributed by atoms with van der Waals surface area (Å²) in [5.41, 5.74) is 0.777. The van der Waals surface area contributed by atoms with Crippen LogP contribution >= 0.6 is 0 Å². The highest BCUT2D eigenvalue weighted by molar-refractivity contribution is 5.86. The van der Waals surface area contributed by atoms with Crippen LogP contribution in [0.2, 0.25) is 0 Å². The lowest BCUT2D eigenvalue weighted by Gasteiger charge is -2.25. The molecule has 0 aromatic heterocycles. The third kappa shape index (κ3) is 7.64. The van der Waals surface area contributed by atoms with Crippen LogP contribution in [0.3, 0.4) is 0 Å². The predicted molar refractivity (Wildman–Crippen MR) is 122 cm³/mol. The average molecular weight is 443 g/mol. The molecule has 2 amide bonds. The Morgan fingerprint density at radius 2 is 1.97 bits per heavy atom. The summed E-state index contributed by atoms with van der Waals surface area (Å²) in [6.45, 7) is 7.95. The first kappa shape index (κ1) is 25.3. The number of aliphatic hydroxyl groups is 1. The smallest absolute Gasteiger partial charge is 0.306 e. The van der Waals surface area contributed by atoms with Crippen molar-refractivity contribution in [1.29, 1.82) is 0 Å². The molecule has 1 aromatic rings. The van der Waals surface area contributed by atoms with E-state index in [0.29, 0.717) is 19.4 Å². The molecule has 7 heteroatoms. The molecule has 0 spiro atoms. The van der Waals surface area contributed by atoms with Crippen molar-refractivity contribution in [3.05, 3.63) is 61.2 Å². The van der Waals surface area contributed by atoms with E-state index in [2.05, 4.69) is 18.5 Å². The van der Waals surface area contributed by atoms with Gasteiger partial charge in [0.05, 0.1) is 25.1 Å². The number of carbonyl (C=O) groups excluding carboxylic acids is 3. The van der Waals surface area contributed by atoms with Crippen molar-refractivity contribution in [3.8, 4) is 0 Å². The van der Waals surface area contributed by atoms with Crippen LogP contribution in [0.5, 0.6) is 0 Å². The third-order valence-corrected chi connectivity index (χ3v) is 5.61. The summed E-state index contributed by atoms with van der Waals surface area (Å²) in [7, 11) is 0. The number of allylic oxidation sites excluding steroid dienone is 2. The van der Waals surface area contributed by atoms with E-state index in [9.17, 15) is 19.5 Å². The van der Waals surface area contributed by atoms with Gasteiger partial charge in [0, 0.05) is 19.4 Å². The van der Waals surface area contributed by atoms with Gasteiger partial charge in [-0.2, -0.15) is 0 Å². The Balaban J connectivity index is 2.01. The van der Waals surface area contributed by atoms with E-state index in [1.165, 1.54) is 0 Å². The van der Waals surface area contributed by atoms with Gasteiger partial charge in [-0.1, -0.05) is 42.5 Å². The molecule has 0 bridgehead atoms. The minimum absolute atomic E-state index is 0.0451. The van der Waals surface area contributed by atoms with Gasteiger partial charge >= 0.3 is 5.97 Å². The third-order valence-electron chi connectivity index (χ3n) is 5.61. The van der Waals surface area contributed by atoms with E-state index < -0.39 is 12.0 Å². The van der Waals surface area contributed by atoms with E-state index in [4.69, 9.17) is 4.74 Å². The predicted octanol–water partition coefficient (Wildman–Crippen LogP) is 2.92. The van der Waals surface area contributed by atoms with Crippen molar-refractivity contribution < 1.29 is 24.2 Å². The van der Waals surface area contributed by atoms with Crippen LogP contribution in [0.25, 0.3) is 0 Å². The minimum atomic E-state index is -0.630. The van der Waals surface area contributed by atoms with Gasteiger partial charge in [0.25, 0.3) is 0 Å². The fourth-order valence-electron chi connectivity index (χ4n) is 3.84. The van der Waals surface area contributed by atoms with Gasteiger partial charge in [0.1, 0.15) is 6.10 Å². The lowest BCUT2D eigenvalue weighted by molar-refractivity contribution is -0.150. The molecule has 174 valence electrons. The summed E-state index contributed by atoms with van der Waals surface area (Å²) in [5, 5.41) is 12.3. The highest BCUT2D eigenvalue weighted by atomic mass is 16.5. The van der Waals surface area contributed by atoms with Crippen molar-refractivity contribution in [2.45, 2.75) is 50.7 Å². The fraction of sp³-hybridized carbons (Fsp3) is 0.480. The van der Waals surface area contributed by atoms with Crippen LogP contribution in [0.4, 0.5) is 0 Å². The zero-order chi connectivity index (χ0) is 23.3. The summed E-state index contributed by atoms with van der Waals surface area (Å²) in [5.74, 6) is -1.37. The number of carbonyl (C=O) groups is 3. The van der Waals surface area contributed by atoms with E-state index in [0.717, 1.165) is 18.4 Å². The van der Waals surface area contributed by atoms with Crippen molar-refractivity contribution >= 4 is 17.8 Å². The monoisotopic (exact) mass is 442 g/mol. The number of ether oxygens (including phenoxy) is 1. The molecule has 1 fully saturated rings. The molecule has 2 N–H and O–H groups in total. The van der Waals surface area contributed by atoms with E-state index >= 15 is 0 Å². The van der Waals surface area contributed by atoms with Gasteiger partial charge < -0.3 is 20.1 Å². The molecule has 3 atom stereocenters. The van der Waals surface area contributed by atoms with Crippen LogP contribution in [0.15, 0.2) is 55.6 Å². The Kier molecular flexibility index (Phi) is 10.7. The maximum atomic E-state index is 12.9. The Morgan fingerprint density at radius 1 is 1.22 bits per heavy atom. The zero-order valence-electron chi connectivity index (χ0n) is 18.6. The standard InChI is InChI=1S/C25H34N2O5/c1-3-5-14-24(30)32-22(19-11-7-6-8-12-19)17-26-25(31)20(10-4-2)16-23(29)27-15-9-13-21(27)18-28/h3-4,6-8,11-12,20-22,28H,1-2,5,9-10,13-18H2,(H,26,31). The topological polar surface area (TPSA) is 95.9 Å². The molecule has 1 aliphatic rings. The van der Waals surface area contributed by atoms with Crippen molar-refractivity contribution in [1.82, 2.24) is 10.2 Å². The van der Waals surface area contributed by atoms with Gasteiger partial charge in [-0.25, -0.2) is 0 Å². The lowest BCUT2D eigenvalue weighted by Crippen LogP contribution is -2.41. The number of hydrogen-bond acceptors (Lipinski definition) is 5. The second-order valence-electron chi connectivity index (χ2n) is 7.95. The number of hydrogen-bond donors (Lipinski definition) is 2. The van der Waals surface area contributed by atoms with E-state index in [-0.39, 0.29) is 49.8 Å². The van der Waals surface area contributed by atoms with Gasteiger partial charge in [-0.05, 0) is 31.2 Å². The first-order valence-electron chi connectivity index (χ1n) is 11.1. The maximum Gasteiger partial charge on any atom is 0.306 e. The lowest BCUT2D eigenvalue weighted by atomic mass is 9.99. The molecular weight excluding hydrogens is 408 g/mol. The molecule has 1 aromatic carbocycles. The Bertz CT molecular complexity index is 780. The Hall–Kier alpha value is -2.93. The first-order chi connectivity index (χ1) is 15.5. The Labute approximate surface area is 190 Å². The molecule has 7 nitrogen and oxygen atoms in total. The molecular formula is C25H34N2O5. The van der Waals surface area contributed by atoms with Crippen molar-refractivity contribution in [2.75, 3.05) is 19.7 Å². The number of esters is 1. The van der Waals surface area contributed by atoms with Crippen LogP contribution in [-0.2, 0) is 19.1 Å². The summed E-state index contributed by atoms with van der Waals surface area (Å²) >= 11 is 0. The van der Waals surface area contributed by atoms with Crippen LogP contribution in [0.1, 0.15) is 50.2 Å². The Morgan fingerprint density at radius 3 is 2.62 bits per heavy atom. The molecule has 0 saturated carbocycles. The zero-order valence-corrected chi connectivity index (χ0v) is 18.6. The number of nitrogens with zero attached hydrogens (tertiary/aromatic N) is 1. The normalized spacial score (nSPS) is 17.3. The van der Waals surface area contributed by atoms with Gasteiger partial charge in [0.15, 0.2) is 0 Å². The van der Waals surface area contributed by atoms with Gasteiger partial charge in [0.2, 0.25) is 11.8 Å². The first-order valence-corrected chi connectivity index (χ1v) is 11.1. The largest absolute Gasteiger partial charge is 0.456 e. The van der Waals surface area contributed by atoms with E-state index in [1.807, 2.05) is 30.3 Å². The highest BCUT2D eigenvalue weighted by Crippen LogP contribution is 2.22. The number of likely N-dealkylation sites (tertiary alicyclic amines) is 1. The van der Waals surface area contributed by atoms with Crippen LogP contribution in [-0.4, -0.2) is 53.5 Å². The van der Waals surface area contributed by atoms with Gasteiger partial charge in [-0.3, -0.25) is 14.4 Å². The second-order valence-corrected chi connectivity index (χ2v) is 7.95. The van der Waals surface area contributed by atoms with Crippen molar-refractivity contribution in [3.63, 3.8) is 0 Å². The molecule has 1 heterocycles. The summed E-state index contributed by atoms with van der Waals surface area (Å²) in [6, 6.07) is 9.05. The minimum Gasteiger partial charge on any atom is -0.456 e. The van der Waals surface area contributed by atoms with Crippen LogP contribution in [0, 0.1) is 5.92 Å². The molecule has 0 aliphatic carbocycles. The molecule has 0 radical (unpaired) electrons. The second kappa shape index (κ2) is 13.5. The summed E-state index contributed by atoms with van der Waals surface area (Å²) in [4.78, 5) is 39.4. The summed E-state index contributed by atoms with van der Waals surface area (Å²) < 4.78 is 5.60. The molecule has 32 heavy (non-hydrogen) atoms. The molecule has 1 saturated heterocycles. The van der Waals surface area contributed by atoms with E-state index in [1.54, 1.807) is 17.1 Å². The maximum absolute atomic E-state index is 12.9. The number of aliphatic hydroxyl groups excluding tert-OH is 1. The number of nitrogens with one attached hydrogen (secondary N) is 1. The number of benzene rings is 1. The SMILES string of the molecule is C=CCCC(=O)OC(CNC(=O)C(CC=C)CC(=O)N1CCCC1CO)c1ccccc1. The molecule has 2 rings (SSSR count). The number of rotatable bonds is 13. The highest BCUT2D eigenvalue weighted by Gasteiger charge is 2.31. The van der Waals surface area contributed by atoms with Crippen molar-refractivity contribution in [2.24, 2.45) is 5.92 Å².